The topological polar surface area (TPSA) is 243 Å². The molecule has 1 aliphatic heterocycles. The van der Waals surface area contributed by atoms with E-state index in [1.165, 1.54) is 0 Å². The van der Waals surface area contributed by atoms with Gasteiger partial charge in [0, 0.05) is 0 Å². The number of nitrogens with one attached hydrogen (secondary N) is 1. The number of rotatable bonds is 6. The van der Waals surface area contributed by atoms with Crippen molar-refractivity contribution in [2.45, 2.75) is 42.9 Å². The summed E-state index contributed by atoms with van der Waals surface area (Å²) in [6, 6.07) is -1.16. The highest BCUT2D eigenvalue weighted by Crippen LogP contribution is 2.22. The molecule has 0 saturated carbocycles. The fourth-order valence-corrected chi connectivity index (χ4v) is 2.83. The van der Waals surface area contributed by atoms with E-state index in [0.717, 1.165) is 6.20 Å². The van der Waals surface area contributed by atoms with Gasteiger partial charge in [0.1, 0.15) is 30.5 Å². The molecule has 7 atom stereocenters. The van der Waals surface area contributed by atoms with E-state index < -0.39 is 61.6 Å². The van der Waals surface area contributed by atoms with Crippen LogP contribution < -0.4 is 17.0 Å². The van der Waals surface area contributed by atoms with Gasteiger partial charge in [-0.1, -0.05) is 0 Å². The molecule has 0 radical (unpaired) electrons. The Labute approximate surface area is 162 Å². The van der Waals surface area contributed by atoms with Crippen molar-refractivity contribution in [3.63, 3.8) is 0 Å². The number of H-pyrrole nitrogens is 1. The van der Waals surface area contributed by atoms with Crippen molar-refractivity contribution in [1.29, 1.82) is 0 Å². The maximum Gasteiger partial charge on any atom is 0.280 e. The number of nitrogen functional groups attached to an aromatic ring is 1. The SMILES string of the molecule is Nc1nc2ncc(C(O)C(O)COC3OC(CO)C(O)C(O)C3N)nc2c(=O)[nH]1. The van der Waals surface area contributed by atoms with E-state index in [4.69, 9.17) is 20.9 Å². The average Bonchev–Trinajstić information content (AvgIpc) is 2.70. The van der Waals surface area contributed by atoms with E-state index in [1.54, 1.807) is 0 Å². The number of hydrogen-bond acceptors (Lipinski definition) is 13. The van der Waals surface area contributed by atoms with E-state index in [0.29, 0.717) is 0 Å². The summed E-state index contributed by atoms with van der Waals surface area (Å²) in [6.07, 6.45) is -7.22. The van der Waals surface area contributed by atoms with Gasteiger partial charge in [0.05, 0.1) is 31.1 Å². The Bertz CT molecular complexity index is 910. The molecule has 0 spiro atoms. The van der Waals surface area contributed by atoms with Crippen LogP contribution in [0.2, 0.25) is 0 Å². The largest absolute Gasteiger partial charge is 0.394 e. The van der Waals surface area contributed by atoms with Crippen LogP contribution in [0.1, 0.15) is 11.8 Å². The molecule has 7 unspecified atom stereocenters. The maximum absolute atomic E-state index is 11.9. The minimum Gasteiger partial charge on any atom is -0.394 e. The van der Waals surface area contributed by atoms with Gasteiger partial charge in [-0.2, -0.15) is 4.98 Å². The zero-order chi connectivity index (χ0) is 21.3. The second-order valence-corrected chi connectivity index (χ2v) is 6.55. The van der Waals surface area contributed by atoms with Crippen molar-refractivity contribution >= 4 is 17.1 Å². The monoisotopic (exact) mass is 414 g/mol. The minimum atomic E-state index is -1.59. The van der Waals surface area contributed by atoms with Gasteiger partial charge in [0.2, 0.25) is 5.95 Å². The number of anilines is 1. The molecule has 3 heterocycles. The number of fused-ring (bicyclic) bond motifs is 1. The number of nitrogens with zero attached hydrogens (tertiary/aromatic N) is 3. The van der Waals surface area contributed by atoms with Crippen LogP contribution in [0.25, 0.3) is 11.2 Å². The molecule has 160 valence electrons. The van der Waals surface area contributed by atoms with Gasteiger partial charge >= 0.3 is 0 Å². The van der Waals surface area contributed by atoms with E-state index >= 15 is 0 Å². The first-order chi connectivity index (χ1) is 13.7. The van der Waals surface area contributed by atoms with Gasteiger partial charge in [-0.05, 0) is 0 Å². The normalized spacial score (nSPS) is 29.7. The molecule has 10 N–H and O–H groups in total. The third-order valence-electron chi connectivity index (χ3n) is 4.48. The highest BCUT2D eigenvalue weighted by atomic mass is 16.7. The van der Waals surface area contributed by atoms with Crippen molar-refractivity contribution in [2.75, 3.05) is 18.9 Å². The molecular formula is C15H22N6O8. The maximum atomic E-state index is 11.9. The predicted octanol–water partition coefficient (Wildman–Crippen LogP) is -4.53. The Morgan fingerprint density at radius 3 is 2.69 bits per heavy atom. The summed E-state index contributed by atoms with van der Waals surface area (Å²) < 4.78 is 10.6. The summed E-state index contributed by atoms with van der Waals surface area (Å²) in [5.74, 6) is -0.143. The van der Waals surface area contributed by atoms with Crippen molar-refractivity contribution < 1.29 is 35.0 Å². The molecule has 1 fully saturated rings. The van der Waals surface area contributed by atoms with Crippen molar-refractivity contribution in [1.82, 2.24) is 19.9 Å². The molecule has 2 aromatic rings. The second-order valence-electron chi connectivity index (χ2n) is 6.55. The number of ether oxygens (including phenoxy) is 2. The molecule has 0 bridgehead atoms. The molecule has 1 aliphatic rings. The lowest BCUT2D eigenvalue weighted by molar-refractivity contribution is -0.272. The Balaban J connectivity index is 1.68. The number of nitrogens with two attached hydrogens (primary N) is 2. The Kier molecular flexibility index (Phi) is 6.35. The molecular weight excluding hydrogens is 392 g/mol. The number of aromatic nitrogens is 4. The van der Waals surface area contributed by atoms with Crippen LogP contribution in [-0.4, -0.2) is 95.4 Å². The fourth-order valence-electron chi connectivity index (χ4n) is 2.83. The standard InChI is InChI=1S/C15H22N6O8/c16-7-11(26)10(25)6(2-22)29-14(7)28-3-5(23)9(24)4-1-18-12-8(19-4)13(27)21-15(17)20-12/h1,5-7,9-11,14,22-26H,2-3,16H2,(H3,17,18,20,21,27). The van der Waals surface area contributed by atoms with Crippen LogP contribution in [0.15, 0.2) is 11.0 Å². The molecule has 2 aromatic heterocycles. The molecule has 0 amide bonds. The van der Waals surface area contributed by atoms with Gasteiger partial charge in [-0.25, -0.2) is 9.97 Å². The predicted molar refractivity (Wildman–Crippen MR) is 95.0 cm³/mol. The van der Waals surface area contributed by atoms with Gasteiger partial charge in [0.25, 0.3) is 5.56 Å². The highest BCUT2D eigenvalue weighted by molar-refractivity contribution is 5.69. The summed E-state index contributed by atoms with van der Waals surface area (Å²) in [5.41, 5.74) is 10.2. The zero-order valence-electron chi connectivity index (χ0n) is 15.0. The smallest absolute Gasteiger partial charge is 0.280 e. The van der Waals surface area contributed by atoms with Gasteiger partial charge in [-0.15, -0.1) is 0 Å². The average molecular weight is 414 g/mol. The second kappa shape index (κ2) is 8.60. The fraction of sp³-hybridized carbons (Fsp3) is 0.600. The van der Waals surface area contributed by atoms with E-state index in [-0.39, 0.29) is 22.8 Å². The molecule has 14 heteroatoms. The first-order valence-corrected chi connectivity index (χ1v) is 8.61. The molecule has 0 aliphatic carbocycles. The summed E-state index contributed by atoms with van der Waals surface area (Å²) in [5, 5.41) is 49.3. The van der Waals surface area contributed by atoms with Crippen LogP contribution in [0.5, 0.6) is 0 Å². The summed E-state index contributed by atoms with van der Waals surface area (Å²) in [4.78, 5) is 25.8. The van der Waals surface area contributed by atoms with Crippen LogP contribution in [-0.2, 0) is 9.47 Å². The Morgan fingerprint density at radius 2 is 2.00 bits per heavy atom. The van der Waals surface area contributed by atoms with Crippen LogP contribution in [0.4, 0.5) is 5.95 Å². The summed E-state index contributed by atoms with van der Waals surface area (Å²) in [7, 11) is 0. The number of aliphatic hydroxyl groups is 5. The van der Waals surface area contributed by atoms with Gasteiger partial charge in [-0.3, -0.25) is 9.78 Å². The number of aliphatic hydroxyl groups excluding tert-OH is 5. The van der Waals surface area contributed by atoms with E-state index in [9.17, 15) is 30.3 Å². The lowest BCUT2D eigenvalue weighted by Gasteiger charge is -2.40. The molecule has 1 saturated heterocycles. The number of hydrogen-bond donors (Lipinski definition) is 8. The lowest BCUT2D eigenvalue weighted by atomic mass is 9.98. The van der Waals surface area contributed by atoms with E-state index in [2.05, 4.69) is 19.9 Å². The third-order valence-corrected chi connectivity index (χ3v) is 4.48. The van der Waals surface area contributed by atoms with Crippen LogP contribution >= 0.6 is 0 Å². The van der Waals surface area contributed by atoms with Gasteiger partial charge < -0.3 is 46.5 Å². The highest BCUT2D eigenvalue weighted by Gasteiger charge is 2.43. The van der Waals surface area contributed by atoms with E-state index in [1.807, 2.05) is 0 Å². The first kappa shape index (κ1) is 21.4. The van der Waals surface area contributed by atoms with Crippen molar-refractivity contribution in [3.8, 4) is 0 Å². The first-order valence-electron chi connectivity index (χ1n) is 8.61. The Hall–Kier alpha value is -2.30. The van der Waals surface area contributed by atoms with Crippen LogP contribution in [0.3, 0.4) is 0 Å². The third kappa shape index (κ3) is 4.34. The molecule has 0 aromatic carbocycles. The zero-order valence-corrected chi connectivity index (χ0v) is 15.0. The molecule has 3 rings (SSSR count). The quantitative estimate of drug-likeness (QED) is 0.222. The lowest BCUT2D eigenvalue weighted by Crippen LogP contribution is -2.62. The molecule has 29 heavy (non-hydrogen) atoms. The van der Waals surface area contributed by atoms with Crippen molar-refractivity contribution in [3.05, 3.63) is 22.2 Å². The summed E-state index contributed by atoms with van der Waals surface area (Å²) in [6.45, 7) is -1.09. The number of aromatic amines is 1. The van der Waals surface area contributed by atoms with Gasteiger partial charge in [0.15, 0.2) is 17.5 Å². The Morgan fingerprint density at radius 1 is 1.28 bits per heavy atom. The minimum absolute atomic E-state index is 0.0305. The van der Waals surface area contributed by atoms with Crippen LogP contribution in [0, 0.1) is 0 Å². The van der Waals surface area contributed by atoms with Crippen molar-refractivity contribution in [2.24, 2.45) is 5.73 Å². The molecule has 14 nitrogen and oxygen atoms in total. The summed E-state index contributed by atoms with van der Waals surface area (Å²) >= 11 is 0.